The van der Waals surface area contributed by atoms with Crippen molar-refractivity contribution in [2.75, 3.05) is 0 Å². The minimum atomic E-state index is -1.06. The minimum Gasteiger partial charge on any atom is -0.480 e. The zero-order valence-corrected chi connectivity index (χ0v) is 9.08. The van der Waals surface area contributed by atoms with Crippen molar-refractivity contribution in [3.8, 4) is 0 Å². The summed E-state index contributed by atoms with van der Waals surface area (Å²) in [4.78, 5) is 10.5. The van der Waals surface area contributed by atoms with E-state index < -0.39 is 18.1 Å². The Morgan fingerprint density at radius 3 is 2.94 bits per heavy atom. The third-order valence-electron chi connectivity index (χ3n) is 2.11. The van der Waals surface area contributed by atoms with Crippen molar-refractivity contribution in [1.29, 1.82) is 0 Å². The van der Waals surface area contributed by atoms with Crippen molar-refractivity contribution in [3.05, 3.63) is 11.9 Å². The fourth-order valence-electron chi connectivity index (χ4n) is 1.17. The maximum Gasteiger partial charge on any atom is 0.320 e. The van der Waals surface area contributed by atoms with Gasteiger partial charge in [-0.3, -0.25) is 9.48 Å². The van der Waals surface area contributed by atoms with Crippen molar-refractivity contribution in [2.45, 2.75) is 38.5 Å². The van der Waals surface area contributed by atoms with Crippen molar-refractivity contribution < 1.29 is 15.0 Å². The van der Waals surface area contributed by atoms with Crippen molar-refractivity contribution in [2.24, 2.45) is 5.73 Å². The van der Waals surface area contributed by atoms with Crippen LogP contribution in [0.1, 0.15) is 19.0 Å². The number of hydrogen-bond acceptors (Lipinski definition) is 5. The van der Waals surface area contributed by atoms with Crippen LogP contribution in [-0.4, -0.2) is 43.3 Å². The Balaban J connectivity index is 2.48. The summed E-state index contributed by atoms with van der Waals surface area (Å²) >= 11 is 0. The molecule has 4 N–H and O–H groups in total. The molecule has 2 unspecified atom stereocenters. The van der Waals surface area contributed by atoms with Crippen LogP contribution in [0.5, 0.6) is 0 Å². The smallest absolute Gasteiger partial charge is 0.320 e. The number of nitrogens with two attached hydrogens (primary N) is 1. The fraction of sp³-hybridized carbons (Fsp3) is 0.667. The molecule has 0 aromatic carbocycles. The topological polar surface area (TPSA) is 114 Å². The first-order valence-electron chi connectivity index (χ1n) is 5.04. The van der Waals surface area contributed by atoms with E-state index in [0.717, 1.165) is 0 Å². The van der Waals surface area contributed by atoms with Gasteiger partial charge in [-0.2, -0.15) is 0 Å². The number of aliphatic carboxylic acids is 1. The van der Waals surface area contributed by atoms with Crippen LogP contribution < -0.4 is 5.73 Å². The van der Waals surface area contributed by atoms with Crippen LogP contribution in [0.25, 0.3) is 0 Å². The largest absolute Gasteiger partial charge is 0.480 e. The summed E-state index contributed by atoms with van der Waals surface area (Å²) in [6, 6.07) is -0.957. The van der Waals surface area contributed by atoms with Crippen molar-refractivity contribution in [3.63, 3.8) is 0 Å². The van der Waals surface area contributed by atoms with Crippen molar-refractivity contribution in [1.82, 2.24) is 15.0 Å². The van der Waals surface area contributed by atoms with Gasteiger partial charge in [0.2, 0.25) is 0 Å². The van der Waals surface area contributed by atoms with Crippen LogP contribution in [0.4, 0.5) is 0 Å². The predicted octanol–water partition coefficient (Wildman–Crippen LogP) is -0.997. The van der Waals surface area contributed by atoms with Gasteiger partial charge >= 0.3 is 5.97 Å². The van der Waals surface area contributed by atoms with E-state index in [0.29, 0.717) is 18.7 Å². The third-order valence-corrected chi connectivity index (χ3v) is 2.11. The molecule has 0 saturated heterocycles. The zero-order valence-electron chi connectivity index (χ0n) is 9.08. The van der Waals surface area contributed by atoms with E-state index in [4.69, 9.17) is 15.9 Å². The summed E-state index contributed by atoms with van der Waals surface area (Å²) in [5.41, 5.74) is 5.91. The van der Waals surface area contributed by atoms with Gasteiger partial charge in [-0.1, -0.05) is 5.21 Å². The molecular weight excluding hydrogens is 212 g/mol. The molecule has 1 heterocycles. The SMILES string of the molecule is CC(O)CCn1cc(CC(N)C(=O)O)nn1. The standard InChI is InChI=1S/C9H16N4O3/c1-6(14)2-3-13-5-7(11-12-13)4-8(10)9(15)16/h5-6,8,14H,2-4,10H2,1H3,(H,15,16). The number of aryl methyl sites for hydroxylation is 1. The van der Waals surface area contributed by atoms with E-state index in [1.165, 1.54) is 0 Å². The van der Waals surface area contributed by atoms with E-state index in [2.05, 4.69) is 10.3 Å². The number of hydrogen-bond donors (Lipinski definition) is 3. The second-order valence-electron chi connectivity index (χ2n) is 3.76. The monoisotopic (exact) mass is 228 g/mol. The number of aromatic nitrogens is 3. The molecule has 0 saturated carbocycles. The van der Waals surface area contributed by atoms with E-state index >= 15 is 0 Å². The van der Waals surface area contributed by atoms with Gasteiger partial charge in [0.1, 0.15) is 6.04 Å². The average Bonchev–Trinajstić information content (AvgIpc) is 2.62. The highest BCUT2D eigenvalue weighted by Crippen LogP contribution is 2.00. The first-order chi connectivity index (χ1) is 7.49. The molecule has 0 aliphatic carbocycles. The molecule has 1 rings (SSSR count). The Morgan fingerprint density at radius 2 is 2.38 bits per heavy atom. The quantitative estimate of drug-likeness (QED) is 0.575. The van der Waals surface area contributed by atoms with Gasteiger partial charge in [0, 0.05) is 19.2 Å². The molecule has 0 amide bonds. The van der Waals surface area contributed by atoms with E-state index in [9.17, 15) is 4.79 Å². The minimum absolute atomic E-state index is 0.157. The van der Waals surface area contributed by atoms with Crippen LogP contribution in [-0.2, 0) is 17.8 Å². The number of carbonyl (C=O) groups is 1. The molecule has 0 fully saturated rings. The highest BCUT2D eigenvalue weighted by Gasteiger charge is 2.14. The van der Waals surface area contributed by atoms with Gasteiger partial charge in [-0.15, -0.1) is 5.10 Å². The normalized spacial score (nSPS) is 14.7. The molecule has 16 heavy (non-hydrogen) atoms. The molecule has 0 radical (unpaired) electrons. The van der Waals surface area contributed by atoms with Gasteiger partial charge in [0.25, 0.3) is 0 Å². The summed E-state index contributed by atoms with van der Waals surface area (Å²) in [6.07, 6.45) is 1.98. The molecule has 90 valence electrons. The molecule has 1 aromatic rings. The first-order valence-corrected chi connectivity index (χ1v) is 5.04. The Kier molecular flexibility index (Phi) is 4.39. The Hall–Kier alpha value is -1.47. The van der Waals surface area contributed by atoms with Gasteiger partial charge in [-0.25, -0.2) is 0 Å². The molecule has 7 nitrogen and oxygen atoms in total. The second-order valence-corrected chi connectivity index (χ2v) is 3.76. The number of aliphatic hydroxyl groups is 1. The number of rotatable bonds is 6. The summed E-state index contributed by atoms with van der Waals surface area (Å²) in [6.45, 7) is 2.24. The molecule has 0 aliphatic heterocycles. The summed E-state index contributed by atoms with van der Waals surface area (Å²) in [5.74, 6) is -1.06. The molecular formula is C9H16N4O3. The summed E-state index contributed by atoms with van der Waals surface area (Å²) in [7, 11) is 0. The number of aliphatic hydroxyl groups excluding tert-OH is 1. The maximum atomic E-state index is 10.5. The van der Waals surface area contributed by atoms with Crippen molar-refractivity contribution >= 4 is 5.97 Å². The highest BCUT2D eigenvalue weighted by molar-refractivity contribution is 5.73. The van der Waals surface area contributed by atoms with E-state index in [1.54, 1.807) is 17.8 Å². The number of carboxylic acids is 1. The van der Waals surface area contributed by atoms with Crippen LogP contribution in [0.15, 0.2) is 6.20 Å². The Morgan fingerprint density at radius 1 is 1.69 bits per heavy atom. The van der Waals surface area contributed by atoms with Crippen LogP contribution in [0, 0.1) is 0 Å². The molecule has 2 atom stereocenters. The molecule has 0 spiro atoms. The van der Waals surface area contributed by atoms with Gasteiger partial charge < -0.3 is 15.9 Å². The second kappa shape index (κ2) is 5.57. The Labute approximate surface area is 92.9 Å². The third kappa shape index (κ3) is 3.95. The summed E-state index contributed by atoms with van der Waals surface area (Å²) < 4.78 is 1.57. The Bertz CT molecular complexity index is 350. The first kappa shape index (κ1) is 12.6. The fourth-order valence-corrected chi connectivity index (χ4v) is 1.17. The highest BCUT2D eigenvalue weighted by atomic mass is 16.4. The van der Waals surface area contributed by atoms with E-state index in [1.807, 2.05) is 0 Å². The summed E-state index contributed by atoms with van der Waals surface area (Å²) in [5, 5.41) is 25.3. The molecule has 0 aliphatic rings. The van der Waals surface area contributed by atoms with Gasteiger partial charge in [0.15, 0.2) is 0 Å². The lowest BCUT2D eigenvalue weighted by Gasteiger charge is -2.03. The van der Waals surface area contributed by atoms with Gasteiger partial charge in [0.05, 0.1) is 11.8 Å². The maximum absolute atomic E-state index is 10.5. The van der Waals surface area contributed by atoms with Crippen LogP contribution in [0.3, 0.4) is 0 Å². The molecule has 0 bridgehead atoms. The number of nitrogens with zero attached hydrogens (tertiary/aromatic N) is 3. The average molecular weight is 228 g/mol. The lowest BCUT2D eigenvalue weighted by molar-refractivity contribution is -0.138. The lowest BCUT2D eigenvalue weighted by atomic mass is 10.2. The molecule has 1 aromatic heterocycles. The zero-order chi connectivity index (χ0) is 12.1. The number of carboxylic acid groups (broad SMARTS) is 1. The lowest BCUT2D eigenvalue weighted by Crippen LogP contribution is -2.32. The molecule has 7 heteroatoms. The van der Waals surface area contributed by atoms with E-state index in [-0.39, 0.29) is 6.42 Å². The van der Waals surface area contributed by atoms with Gasteiger partial charge in [-0.05, 0) is 13.3 Å². The van der Waals surface area contributed by atoms with Crippen LogP contribution >= 0.6 is 0 Å². The van der Waals surface area contributed by atoms with Crippen LogP contribution in [0.2, 0.25) is 0 Å². The predicted molar refractivity (Wildman–Crippen MR) is 55.6 cm³/mol.